The van der Waals surface area contributed by atoms with Crippen molar-refractivity contribution < 1.29 is 22.7 Å². The molecule has 0 radical (unpaired) electrons. The monoisotopic (exact) mass is 345 g/mol. The average Bonchev–Trinajstić information content (AvgIpc) is 2.53. The van der Waals surface area contributed by atoms with Gasteiger partial charge in [-0.2, -0.15) is 8.78 Å². The molecule has 0 aromatic heterocycles. The molecule has 1 aliphatic heterocycles. The van der Waals surface area contributed by atoms with Gasteiger partial charge in [-0.3, -0.25) is 0 Å². The summed E-state index contributed by atoms with van der Waals surface area (Å²) in [5.74, 6) is -0.964. The summed E-state index contributed by atoms with van der Waals surface area (Å²) in [4.78, 5) is 16.0. The highest BCUT2D eigenvalue weighted by Gasteiger charge is 2.25. The molecule has 1 aromatic carbocycles. The lowest BCUT2D eigenvalue weighted by Gasteiger charge is -2.36. The van der Waals surface area contributed by atoms with Crippen LogP contribution in [-0.4, -0.2) is 55.7 Å². The molecule has 0 saturated carbocycles. The van der Waals surface area contributed by atoms with Crippen molar-refractivity contribution in [1.29, 1.82) is 0 Å². The van der Waals surface area contributed by atoms with Gasteiger partial charge in [0.2, 0.25) is 0 Å². The second kappa shape index (κ2) is 8.23. The zero-order chi connectivity index (χ0) is 17.7. The number of amides is 2. The van der Waals surface area contributed by atoms with Crippen LogP contribution in [0.25, 0.3) is 0 Å². The third kappa shape index (κ3) is 4.77. The first-order chi connectivity index (χ1) is 11.4. The van der Waals surface area contributed by atoms with Crippen molar-refractivity contribution in [2.75, 3.05) is 27.2 Å². The van der Waals surface area contributed by atoms with Crippen molar-refractivity contribution in [2.45, 2.75) is 32.0 Å². The molecule has 0 spiro atoms. The number of nitrogens with zero attached hydrogens (tertiary/aromatic N) is 2. The third-order valence-electron chi connectivity index (χ3n) is 4.12. The van der Waals surface area contributed by atoms with Gasteiger partial charge in [0, 0.05) is 24.7 Å². The summed E-state index contributed by atoms with van der Waals surface area (Å²) in [6, 6.07) is 3.61. The van der Waals surface area contributed by atoms with Gasteiger partial charge in [0.15, 0.2) is 0 Å². The number of likely N-dealkylation sites (N-methyl/N-ethyl adjacent to an activating group) is 1. The molecule has 0 aliphatic carbocycles. The molecule has 2 amide bonds. The second-order valence-corrected chi connectivity index (χ2v) is 5.96. The molecule has 1 aliphatic rings. The van der Waals surface area contributed by atoms with Gasteiger partial charge in [-0.05, 0) is 39.1 Å². The van der Waals surface area contributed by atoms with Crippen LogP contribution in [0.2, 0.25) is 0 Å². The highest BCUT2D eigenvalue weighted by Crippen LogP contribution is 2.23. The first-order valence-electron chi connectivity index (χ1n) is 7.80. The van der Waals surface area contributed by atoms with E-state index in [0.29, 0.717) is 13.1 Å². The molecule has 1 heterocycles. The minimum Gasteiger partial charge on any atom is -0.434 e. The van der Waals surface area contributed by atoms with E-state index in [1.807, 2.05) is 14.1 Å². The minimum absolute atomic E-state index is 0.0904. The number of carbonyl (C=O) groups excluding carboxylic acids is 1. The van der Waals surface area contributed by atoms with Crippen molar-refractivity contribution in [1.82, 2.24) is 15.1 Å². The Bertz CT molecular complexity index is 569. The Kier molecular flexibility index (Phi) is 6.30. The number of urea groups is 1. The molecule has 1 saturated heterocycles. The zero-order valence-electron chi connectivity index (χ0n) is 13.8. The molecule has 0 unspecified atom stereocenters. The number of hydrogen-bond donors (Lipinski definition) is 1. The van der Waals surface area contributed by atoms with Gasteiger partial charge in [-0.25, -0.2) is 9.18 Å². The molecule has 0 bridgehead atoms. The molecule has 1 N–H and O–H groups in total. The van der Waals surface area contributed by atoms with E-state index in [9.17, 15) is 18.0 Å². The Morgan fingerprint density at radius 3 is 2.88 bits per heavy atom. The number of benzene rings is 1. The van der Waals surface area contributed by atoms with Gasteiger partial charge in [0.05, 0.1) is 6.54 Å². The van der Waals surface area contributed by atoms with Crippen molar-refractivity contribution in [2.24, 2.45) is 0 Å². The molecule has 1 aromatic rings. The molecule has 1 fully saturated rings. The lowest BCUT2D eigenvalue weighted by Crippen LogP contribution is -2.50. The van der Waals surface area contributed by atoms with Crippen molar-refractivity contribution in [3.63, 3.8) is 0 Å². The lowest BCUT2D eigenvalue weighted by atomic mass is 10.1. The van der Waals surface area contributed by atoms with Gasteiger partial charge in [-0.15, -0.1) is 0 Å². The fourth-order valence-electron chi connectivity index (χ4n) is 2.75. The molecule has 134 valence electrons. The van der Waals surface area contributed by atoms with Gasteiger partial charge in [0.25, 0.3) is 0 Å². The van der Waals surface area contributed by atoms with Gasteiger partial charge in [0.1, 0.15) is 11.6 Å². The number of alkyl halides is 2. The number of ether oxygens (including phenoxy) is 1. The summed E-state index contributed by atoms with van der Waals surface area (Å²) < 4.78 is 43.0. The first-order valence-corrected chi connectivity index (χ1v) is 7.80. The minimum atomic E-state index is -3.05. The van der Waals surface area contributed by atoms with Crippen LogP contribution in [0.4, 0.5) is 18.0 Å². The Labute approximate surface area is 139 Å². The van der Waals surface area contributed by atoms with Crippen LogP contribution in [0.1, 0.15) is 18.4 Å². The maximum atomic E-state index is 13.9. The topological polar surface area (TPSA) is 44.8 Å². The van der Waals surface area contributed by atoms with Gasteiger partial charge in [-0.1, -0.05) is 6.07 Å². The Balaban J connectivity index is 1.99. The van der Waals surface area contributed by atoms with E-state index >= 15 is 0 Å². The molecule has 2 rings (SSSR count). The van der Waals surface area contributed by atoms with Gasteiger partial charge >= 0.3 is 12.6 Å². The normalized spacial score (nSPS) is 18.1. The summed E-state index contributed by atoms with van der Waals surface area (Å²) in [6.45, 7) is -2.06. The summed E-state index contributed by atoms with van der Waals surface area (Å²) in [5.41, 5.74) is -0.0904. The summed E-state index contributed by atoms with van der Waals surface area (Å²) in [5, 5.41) is 2.59. The largest absolute Gasteiger partial charge is 0.434 e. The number of nitrogens with one attached hydrogen (secondary N) is 1. The maximum Gasteiger partial charge on any atom is 0.387 e. The lowest BCUT2D eigenvalue weighted by molar-refractivity contribution is -0.0506. The van der Waals surface area contributed by atoms with Crippen molar-refractivity contribution >= 4 is 6.03 Å². The van der Waals surface area contributed by atoms with Crippen molar-refractivity contribution in [3.05, 3.63) is 29.6 Å². The Morgan fingerprint density at radius 2 is 2.21 bits per heavy atom. The summed E-state index contributed by atoms with van der Waals surface area (Å²) in [7, 11) is 3.92. The highest BCUT2D eigenvalue weighted by atomic mass is 19.3. The average molecular weight is 345 g/mol. The quantitative estimate of drug-likeness (QED) is 0.892. The summed E-state index contributed by atoms with van der Waals surface area (Å²) >= 11 is 0. The van der Waals surface area contributed by atoms with Crippen LogP contribution in [0.15, 0.2) is 18.2 Å². The highest BCUT2D eigenvalue weighted by molar-refractivity contribution is 5.74. The summed E-state index contributed by atoms with van der Waals surface area (Å²) in [6.07, 6.45) is 1.90. The second-order valence-electron chi connectivity index (χ2n) is 5.96. The van der Waals surface area contributed by atoms with E-state index in [1.54, 1.807) is 4.90 Å². The van der Waals surface area contributed by atoms with Crippen LogP contribution >= 0.6 is 0 Å². The zero-order valence-corrected chi connectivity index (χ0v) is 13.8. The molecular formula is C16H22F3N3O2. The molecular weight excluding hydrogens is 323 g/mol. The number of rotatable bonds is 5. The van der Waals surface area contributed by atoms with E-state index in [2.05, 4.69) is 15.0 Å². The van der Waals surface area contributed by atoms with E-state index in [4.69, 9.17) is 0 Å². The Morgan fingerprint density at radius 1 is 1.46 bits per heavy atom. The predicted molar refractivity (Wildman–Crippen MR) is 83.5 cm³/mol. The van der Waals surface area contributed by atoms with E-state index in [0.717, 1.165) is 18.9 Å². The number of hydrogen-bond acceptors (Lipinski definition) is 3. The number of carbonyl (C=O) groups is 1. The smallest absolute Gasteiger partial charge is 0.387 e. The Hall–Kier alpha value is -1.96. The molecule has 8 heteroatoms. The van der Waals surface area contributed by atoms with Crippen LogP contribution in [0.5, 0.6) is 5.75 Å². The number of piperidine rings is 1. The number of likely N-dealkylation sites (tertiary alicyclic amines) is 1. The van der Waals surface area contributed by atoms with Crippen LogP contribution < -0.4 is 10.1 Å². The maximum absolute atomic E-state index is 13.9. The predicted octanol–water partition coefficient (Wildman–Crippen LogP) is 2.66. The molecule has 5 nitrogen and oxygen atoms in total. The number of halogens is 3. The van der Waals surface area contributed by atoms with Crippen molar-refractivity contribution in [3.8, 4) is 5.75 Å². The van der Waals surface area contributed by atoms with E-state index < -0.39 is 12.4 Å². The fourth-order valence-corrected chi connectivity index (χ4v) is 2.75. The third-order valence-corrected chi connectivity index (χ3v) is 4.12. The SMILES string of the molecule is CN(C)[C@H]1CCCN(C(=O)NCc2c(F)cccc2OC(F)F)C1. The standard InChI is InChI=1S/C16H22F3N3O2/c1-21(2)11-5-4-8-22(10-11)16(23)20-9-12-13(17)6-3-7-14(12)24-15(18)19/h3,6-7,11,15H,4-5,8-10H2,1-2H3,(H,20,23)/t11-/m0/s1. The fraction of sp³-hybridized carbons (Fsp3) is 0.562. The van der Waals surface area contributed by atoms with Gasteiger partial charge < -0.3 is 19.9 Å². The van der Waals surface area contributed by atoms with Crippen LogP contribution in [-0.2, 0) is 6.54 Å². The molecule has 1 atom stereocenters. The van der Waals surface area contributed by atoms with Crippen LogP contribution in [0, 0.1) is 5.82 Å². The first kappa shape index (κ1) is 18.4. The van der Waals surface area contributed by atoms with E-state index in [1.165, 1.54) is 12.1 Å². The molecule has 24 heavy (non-hydrogen) atoms. The van der Waals surface area contributed by atoms with E-state index in [-0.39, 0.29) is 29.9 Å². The van der Waals surface area contributed by atoms with Crippen LogP contribution in [0.3, 0.4) is 0 Å².